The molecule has 0 bridgehead atoms. The topological polar surface area (TPSA) is 61.7 Å². The summed E-state index contributed by atoms with van der Waals surface area (Å²) in [5, 5.41) is 22.6. The summed E-state index contributed by atoms with van der Waals surface area (Å²) >= 11 is 0. The zero-order valence-electron chi connectivity index (χ0n) is 10.0. The van der Waals surface area contributed by atoms with Crippen LogP contribution in [-0.4, -0.2) is 29.5 Å². The minimum absolute atomic E-state index is 0.00574. The van der Waals surface area contributed by atoms with Crippen LogP contribution in [0.3, 0.4) is 0 Å². The summed E-state index contributed by atoms with van der Waals surface area (Å²) in [5.41, 5.74) is 0.718. The van der Waals surface area contributed by atoms with E-state index in [2.05, 4.69) is 5.32 Å². The number of ether oxygens (including phenoxy) is 1. The van der Waals surface area contributed by atoms with Crippen molar-refractivity contribution in [1.82, 2.24) is 5.32 Å². The second-order valence-corrected chi connectivity index (χ2v) is 4.55. The molecule has 4 heteroatoms. The Morgan fingerprint density at radius 1 is 1.41 bits per heavy atom. The third-order valence-electron chi connectivity index (χ3n) is 3.12. The molecule has 0 aromatic heterocycles. The Morgan fingerprint density at radius 3 is 2.94 bits per heavy atom. The van der Waals surface area contributed by atoms with Crippen molar-refractivity contribution in [3.8, 4) is 11.5 Å². The van der Waals surface area contributed by atoms with Crippen LogP contribution in [0.2, 0.25) is 0 Å². The van der Waals surface area contributed by atoms with Gasteiger partial charge in [0.15, 0.2) is 0 Å². The average Bonchev–Trinajstić information content (AvgIpc) is 2.33. The van der Waals surface area contributed by atoms with E-state index in [0.717, 1.165) is 25.0 Å². The molecule has 0 saturated carbocycles. The van der Waals surface area contributed by atoms with Gasteiger partial charge >= 0.3 is 0 Å². The van der Waals surface area contributed by atoms with Crippen molar-refractivity contribution in [2.45, 2.75) is 31.8 Å². The van der Waals surface area contributed by atoms with E-state index < -0.39 is 0 Å². The van der Waals surface area contributed by atoms with Crippen molar-refractivity contribution in [1.29, 1.82) is 0 Å². The van der Waals surface area contributed by atoms with Crippen LogP contribution in [0.1, 0.15) is 31.4 Å². The molecule has 2 atom stereocenters. The molecule has 1 aliphatic rings. The maximum Gasteiger partial charge on any atom is 0.120 e. The fourth-order valence-corrected chi connectivity index (χ4v) is 2.20. The van der Waals surface area contributed by atoms with Crippen LogP contribution in [0.4, 0.5) is 0 Å². The maximum absolute atomic E-state index is 9.75. The first-order chi connectivity index (χ1) is 8.16. The molecule has 1 fully saturated rings. The third kappa shape index (κ3) is 3.11. The molecule has 17 heavy (non-hydrogen) atoms. The Bertz CT molecular complexity index is 375. The average molecular weight is 237 g/mol. The number of rotatable bonds is 3. The van der Waals surface area contributed by atoms with Crippen LogP contribution < -0.4 is 5.32 Å². The molecule has 2 rings (SSSR count). The van der Waals surface area contributed by atoms with Gasteiger partial charge in [0.1, 0.15) is 11.5 Å². The van der Waals surface area contributed by atoms with Gasteiger partial charge in [-0.05, 0) is 38.0 Å². The molecule has 0 aliphatic carbocycles. The van der Waals surface area contributed by atoms with Crippen LogP contribution in [0.15, 0.2) is 18.2 Å². The smallest absolute Gasteiger partial charge is 0.120 e. The zero-order valence-corrected chi connectivity index (χ0v) is 10.0. The van der Waals surface area contributed by atoms with E-state index in [0.29, 0.717) is 12.6 Å². The number of nitrogens with one attached hydrogen (secondary N) is 1. The molecule has 3 N–H and O–H groups in total. The first-order valence-electron chi connectivity index (χ1n) is 6.02. The second kappa shape index (κ2) is 5.38. The molecule has 1 aromatic rings. The first kappa shape index (κ1) is 12.2. The van der Waals surface area contributed by atoms with Gasteiger partial charge in [-0.15, -0.1) is 0 Å². The SMILES string of the molecule is CC(NC1CCCOC1)c1cc(O)ccc1O. The Balaban J connectivity index is 2.02. The normalized spacial score (nSPS) is 22.3. The van der Waals surface area contributed by atoms with Gasteiger partial charge in [-0.2, -0.15) is 0 Å². The summed E-state index contributed by atoms with van der Waals surface area (Å²) in [6.07, 6.45) is 2.15. The van der Waals surface area contributed by atoms with Crippen LogP contribution in [-0.2, 0) is 4.74 Å². The summed E-state index contributed by atoms with van der Waals surface area (Å²) in [6, 6.07) is 4.90. The lowest BCUT2D eigenvalue weighted by Crippen LogP contribution is -2.38. The number of aromatic hydroxyl groups is 2. The van der Waals surface area contributed by atoms with Crippen molar-refractivity contribution >= 4 is 0 Å². The largest absolute Gasteiger partial charge is 0.508 e. The monoisotopic (exact) mass is 237 g/mol. The third-order valence-corrected chi connectivity index (χ3v) is 3.12. The van der Waals surface area contributed by atoms with Gasteiger partial charge in [-0.3, -0.25) is 0 Å². The number of phenolic OH excluding ortho intramolecular Hbond substituents is 2. The number of hydrogen-bond acceptors (Lipinski definition) is 4. The number of benzene rings is 1. The van der Waals surface area contributed by atoms with Gasteiger partial charge < -0.3 is 20.3 Å². The van der Waals surface area contributed by atoms with Gasteiger partial charge in [0, 0.05) is 24.3 Å². The maximum atomic E-state index is 9.75. The van der Waals surface area contributed by atoms with Gasteiger partial charge in [0.2, 0.25) is 0 Å². The van der Waals surface area contributed by atoms with Gasteiger partial charge in [0.05, 0.1) is 6.61 Å². The highest BCUT2D eigenvalue weighted by Gasteiger charge is 2.18. The summed E-state index contributed by atoms with van der Waals surface area (Å²) in [5.74, 6) is 0.380. The molecule has 2 unspecified atom stereocenters. The van der Waals surface area contributed by atoms with Gasteiger partial charge in [0.25, 0.3) is 0 Å². The molecule has 4 nitrogen and oxygen atoms in total. The highest BCUT2D eigenvalue weighted by atomic mass is 16.5. The Hall–Kier alpha value is -1.26. The van der Waals surface area contributed by atoms with Crippen molar-refractivity contribution in [3.63, 3.8) is 0 Å². The predicted octanol–water partition coefficient (Wildman–Crippen LogP) is 1.93. The molecular weight excluding hydrogens is 218 g/mol. The molecule has 1 aromatic carbocycles. The molecular formula is C13H19NO3. The van der Waals surface area contributed by atoms with Gasteiger partial charge in [-0.25, -0.2) is 0 Å². The van der Waals surface area contributed by atoms with Crippen LogP contribution in [0.5, 0.6) is 11.5 Å². The number of phenols is 2. The van der Waals surface area contributed by atoms with Crippen molar-refractivity contribution in [2.75, 3.05) is 13.2 Å². The minimum atomic E-state index is -0.00574. The molecule has 1 heterocycles. The Labute approximate surface area is 101 Å². The summed E-state index contributed by atoms with van der Waals surface area (Å²) < 4.78 is 5.40. The fourth-order valence-electron chi connectivity index (χ4n) is 2.20. The van der Waals surface area contributed by atoms with E-state index in [1.54, 1.807) is 6.07 Å². The van der Waals surface area contributed by atoms with E-state index in [9.17, 15) is 10.2 Å². The highest BCUT2D eigenvalue weighted by molar-refractivity contribution is 5.40. The van der Waals surface area contributed by atoms with E-state index in [1.807, 2.05) is 6.92 Å². The van der Waals surface area contributed by atoms with E-state index in [1.165, 1.54) is 12.1 Å². The molecule has 0 amide bonds. The lowest BCUT2D eigenvalue weighted by molar-refractivity contribution is 0.0670. The van der Waals surface area contributed by atoms with Gasteiger partial charge in [-0.1, -0.05) is 0 Å². The molecule has 1 saturated heterocycles. The van der Waals surface area contributed by atoms with E-state index in [4.69, 9.17) is 4.74 Å². The summed E-state index contributed by atoms with van der Waals surface area (Å²) in [6.45, 7) is 3.52. The van der Waals surface area contributed by atoms with Crippen molar-refractivity contribution < 1.29 is 14.9 Å². The molecule has 0 radical (unpaired) electrons. The molecule has 0 spiro atoms. The second-order valence-electron chi connectivity index (χ2n) is 4.55. The van der Waals surface area contributed by atoms with E-state index >= 15 is 0 Å². The van der Waals surface area contributed by atoms with Crippen LogP contribution in [0, 0.1) is 0 Å². The predicted molar refractivity (Wildman–Crippen MR) is 65.2 cm³/mol. The van der Waals surface area contributed by atoms with Crippen molar-refractivity contribution in [3.05, 3.63) is 23.8 Å². The zero-order chi connectivity index (χ0) is 12.3. The minimum Gasteiger partial charge on any atom is -0.508 e. The molecule has 94 valence electrons. The highest BCUT2D eigenvalue weighted by Crippen LogP contribution is 2.28. The van der Waals surface area contributed by atoms with Crippen LogP contribution in [0.25, 0.3) is 0 Å². The Kier molecular flexibility index (Phi) is 3.86. The lowest BCUT2D eigenvalue weighted by Gasteiger charge is -2.27. The van der Waals surface area contributed by atoms with Crippen molar-refractivity contribution in [2.24, 2.45) is 0 Å². The lowest BCUT2D eigenvalue weighted by atomic mass is 10.0. The summed E-state index contributed by atoms with van der Waals surface area (Å²) in [4.78, 5) is 0. The van der Waals surface area contributed by atoms with E-state index in [-0.39, 0.29) is 17.5 Å². The van der Waals surface area contributed by atoms with Crippen LogP contribution >= 0.6 is 0 Å². The first-order valence-corrected chi connectivity index (χ1v) is 6.02. The Morgan fingerprint density at radius 2 is 2.24 bits per heavy atom. The molecule has 1 aliphatic heterocycles. The fraction of sp³-hybridized carbons (Fsp3) is 0.538. The quantitative estimate of drug-likeness (QED) is 0.703. The number of hydrogen-bond donors (Lipinski definition) is 3. The standard InChI is InChI=1S/C13H19NO3/c1-9(14-10-3-2-6-17-8-10)12-7-11(15)4-5-13(12)16/h4-5,7,9-10,14-16H,2-3,6,8H2,1H3. The summed E-state index contributed by atoms with van der Waals surface area (Å²) in [7, 11) is 0.